The summed E-state index contributed by atoms with van der Waals surface area (Å²) >= 11 is 0. The van der Waals surface area contributed by atoms with Crippen LogP contribution in [0.3, 0.4) is 0 Å². The van der Waals surface area contributed by atoms with Crippen molar-refractivity contribution in [3.63, 3.8) is 0 Å². The fourth-order valence-electron chi connectivity index (χ4n) is 1.94. The maximum atomic E-state index is 13.5. The molecule has 0 saturated heterocycles. The van der Waals surface area contributed by atoms with E-state index in [1.807, 2.05) is 0 Å². The monoisotopic (exact) mass is 282 g/mol. The quantitative estimate of drug-likeness (QED) is 0.591. The molecule has 1 aliphatic heterocycles. The fraction of sp³-hybridized carbons (Fsp3) is 0.0769. The average Bonchev–Trinajstić information content (AvgIpc) is 2.83. The van der Waals surface area contributed by atoms with Gasteiger partial charge in [0.1, 0.15) is 5.75 Å². The minimum absolute atomic E-state index is 0.0880. The summed E-state index contributed by atoms with van der Waals surface area (Å²) in [5.74, 6) is -0.528. The van der Waals surface area contributed by atoms with Crippen LogP contribution in [0.1, 0.15) is 5.56 Å². The number of halogens is 4. The van der Waals surface area contributed by atoms with Crippen LogP contribution in [0.4, 0.5) is 17.6 Å². The maximum Gasteiger partial charge on any atom is 0.632 e. The molecule has 2 nitrogen and oxygen atoms in total. The van der Waals surface area contributed by atoms with Crippen LogP contribution in [0.15, 0.2) is 42.5 Å². The fourth-order valence-corrected chi connectivity index (χ4v) is 1.94. The first kappa shape index (κ1) is 12.8. The van der Waals surface area contributed by atoms with Crippen LogP contribution in [0, 0.1) is 5.82 Å². The molecule has 0 aromatic heterocycles. The summed E-state index contributed by atoms with van der Waals surface area (Å²) in [7, 11) is -1.08. The van der Waals surface area contributed by atoms with Crippen LogP contribution in [0.5, 0.6) is 11.5 Å². The Bertz CT molecular complexity index is 657. The minimum Gasteiger partial charge on any atom is -0.519 e. The van der Waals surface area contributed by atoms with Gasteiger partial charge in [-0.2, -0.15) is 13.2 Å². The Morgan fingerprint density at radius 2 is 1.70 bits per heavy atom. The molecule has 1 heterocycles. The van der Waals surface area contributed by atoms with E-state index in [0.29, 0.717) is 0 Å². The molecule has 2 aromatic rings. The van der Waals surface area contributed by atoms with Crippen molar-refractivity contribution < 1.29 is 26.9 Å². The van der Waals surface area contributed by atoms with Crippen molar-refractivity contribution in [3.8, 4) is 11.5 Å². The Morgan fingerprint density at radius 1 is 0.950 bits per heavy atom. The van der Waals surface area contributed by atoms with Gasteiger partial charge in [0.2, 0.25) is 0 Å². The maximum absolute atomic E-state index is 13.5. The second kappa shape index (κ2) is 4.43. The lowest BCUT2D eigenvalue weighted by molar-refractivity contribution is -0.137. The second-order valence-electron chi connectivity index (χ2n) is 4.26. The number of para-hydroxylation sites is 1. The van der Waals surface area contributed by atoms with Crippen molar-refractivity contribution in [2.75, 3.05) is 0 Å². The molecule has 102 valence electrons. The van der Waals surface area contributed by atoms with Gasteiger partial charge < -0.3 is 9.31 Å². The predicted molar refractivity (Wildman–Crippen MR) is 64.5 cm³/mol. The van der Waals surface area contributed by atoms with Gasteiger partial charge in [0, 0.05) is 5.46 Å². The number of alkyl halides is 3. The van der Waals surface area contributed by atoms with Gasteiger partial charge in [-0.05, 0) is 18.2 Å². The zero-order valence-electron chi connectivity index (χ0n) is 9.95. The third-order valence-corrected chi connectivity index (χ3v) is 2.88. The van der Waals surface area contributed by atoms with Crippen molar-refractivity contribution >= 4 is 12.6 Å². The van der Waals surface area contributed by atoms with Gasteiger partial charge in [-0.1, -0.05) is 24.3 Å². The number of benzene rings is 2. The predicted octanol–water partition coefficient (Wildman–Crippen LogP) is 3.01. The Kier molecular flexibility index (Phi) is 2.85. The van der Waals surface area contributed by atoms with Gasteiger partial charge in [0.15, 0.2) is 11.6 Å². The molecule has 0 bridgehead atoms. The molecule has 0 N–H and O–H groups in total. The molecule has 0 fully saturated rings. The highest BCUT2D eigenvalue weighted by molar-refractivity contribution is 6.63. The van der Waals surface area contributed by atoms with E-state index < -0.39 is 24.7 Å². The smallest absolute Gasteiger partial charge is 0.519 e. The number of rotatable bonds is 1. The molecule has 0 spiro atoms. The molecule has 0 amide bonds. The van der Waals surface area contributed by atoms with Gasteiger partial charge in [-0.15, -0.1) is 0 Å². The van der Waals surface area contributed by atoms with E-state index in [9.17, 15) is 17.6 Å². The van der Waals surface area contributed by atoms with Crippen molar-refractivity contribution in [1.82, 2.24) is 0 Å². The van der Waals surface area contributed by atoms with Gasteiger partial charge >= 0.3 is 13.3 Å². The Morgan fingerprint density at radius 3 is 2.40 bits per heavy atom. The number of hydrogen-bond donors (Lipinski definition) is 0. The van der Waals surface area contributed by atoms with E-state index in [1.54, 1.807) is 0 Å². The molecule has 1 aliphatic rings. The Labute approximate surface area is 112 Å². The van der Waals surface area contributed by atoms with Crippen LogP contribution >= 0.6 is 0 Å². The largest absolute Gasteiger partial charge is 0.632 e. The lowest BCUT2D eigenvalue weighted by Crippen LogP contribution is -2.39. The molecule has 0 saturated carbocycles. The van der Waals surface area contributed by atoms with Crippen molar-refractivity contribution in [1.29, 1.82) is 0 Å². The van der Waals surface area contributed by atoms with Crippen LogP contribution in [-0.2, 0) is 6.18 Å². The average molecular weight is 282 g/mol. The van der Waals surface area contributed by atoms with Crippen molar-refractivity contribution in [3.05, 3.63) is 53.8 Å². The molecule has 7 heteroatoms. The standard InChI is InChI=1S/C13H7BF4O2/c15-10-5-2-6-11-12(10)20-14(19-11)9-4-1-3-8(7-9)13(16,17)18/h1-7H. The molecule has 0 atom stereocenters. The third kappa shape index (κ3) is 2.19. The lowest BCUT2D eigenvalue weighted by atomic mass is 9.78. The molecule has 0 radical (unpaired) electrons. The zero-order chi connectivity index (χ0) is 14.3. The highest BCUT2D eigenvalue weighted by atomic mass is 19.4. The highest BCUT2D eigenvalue weighted by Crippen LogP contribution is 2.36. The summed E-state index contributed by atoms with van der Waals surface area (Å²) in [5.41, 5.74) is -0.631. The topological polar surface area (TPSA) is 18.5 Å². The first-order valence-corrected chi connectivity index (χ1v) is 5.74. The normalized spacial score (nSPS) is 13.7. The summed E-state index contributed by atoms with van der Waals surface area (Å²) in [6.07, 6.45) is -4.45. The van der Waals surface area contributed by atoms with Crippen molar-refractivity contribution in [2.24, 2.45) is 0 Å². The number of hydrogen-bond acceptors (Lipinski definition) is 2. The van der Waals surface area contributed by atoms with E-state index in [-0.39, 0.29) is 17.0 Å². The second-order valence-corrected chi connectivity index (χ2v) is 4.26. The van der Waals surface area contributed by atoms with Crippen molar-refractivity contribution in [2.45, 2.75) is 6.18 Å². The summed E-state index contributed by atoms with van der Waals surface area (Å²) in [6, 6.07) is 8.68. The van der Waals surface area contributed by atoms with Crippen LogP contribution < -0.4 is 14.8 Å². The van der Waals surface area contributed by atoms with E-state index in [0.717, 1.165) is 12.1 Å². The summed E-state index contributed by atoms with van der Waals surface area (Å²) in [6.45, 7) is 0. The van der Waals surface area contributed by atoms with E-state index in [4.69, 9.17) is 9.31 Å². The molecule has 0 aliphatic carbocycles. The summed E-state index contributed by atoms with van der Waals surface area (Å²) in [4.78, 5) is 0. The van der Waals surface area contributed by atoms with E-state index in [2.05, 4.69) is 0 Å². The zero-order valence-corrected chi connectivity index (χ0v) is 9.95. The van der Waals surface area contributed by atoms with E-state index in [1.165, 1.54) is 30.3 Å². The Balaban J connectivity index is 1.92. The van der Waals surface area contributed by atoms with Gasteiger partial charge in [0.05, 0.1) is 5.56 Å². The van der Waals surface area contributed by atoms with E-state index >= 15 is 0 Å². The number of fused-ring (bicyclic) bond motifs is 1. The first-order valence-electron chi connectivity index (χ1n) is 5.74. The molecule has 3 rings (SSSR count). The van der Waals surface area contributed by atoms with Crippen LogP contribution in [0.25, 0.3) is 0 Å². The molecule has 2 aromatic carbocycles. The van der Waals surface area contributed by atoms with Crippen LogP contribution in [-0.4, -0.2) is 7.12 Å². The van der Waals surface area contributed by atoms with Gasteiger partial charge in [-0.25, -0.2) is 4.39 Å². The lowest BCUT2D eigenvalue weighted by Gasteiger charge is -2.09. The SMILES string of the molecule is Fc1cccc2c1OB(c1cccc(C(F)(F)F)c1)O2. The highest BCUT2D eigenvalue weighted by Gasteiger charge is 2.38. The minimum atomic E-state index is -4.45. The molecular formula is C13H7BF4O2. The Hall–Kier alpha value is -2.18. The van der Waals surface area contributed by atoms with Gasteiger partial charge in [-0.3, -0.25) is 0 Å². The summed E-state index contributed by atoms with van der Waals surface area (Å²) in [5, 5.41) is 0. The molecule has 0 unspecified atom stereocenters. The van der Waals surface area contributed by atoms with Gasteiger partial charge in [0.25, 0.3) is 0 Å². The third-order valence-electron chi connectivity index (χ3n) is 2.88. The molecular weight excluding hydrogens is 275 g/mol. The first-order chi connectivity index (χ1) is 9.45. The summed E-state index contributed by atoms with van der Waals surface area (Å²) < 4.78 is 61.9. The molecule has 20 heavy (non-hydrogen) atoms. The van der Waals surface area contributed by atoms with Crippen LogP contribution in [0.2, 0.25) is 0 Å².